The monoisotopic (exact) mass is 989 g/mol. The molecule has 1 aromatic carbocycles. The number of Topliss-reactive ketones (excluding diaryl/α,β-unsaturated/α-hetero) is 2. The molecule has 7 nitrogen and oxygen atoms in total. The maximum Gasteiger partial charge on any atom is 0.146 e. The van der Waals surface area contributed by atoms with Crippen LogP contribution in [0.4, 0.5) is 0 Å². The Labute approximate surface area is 440 Å². The van der Waals surface area contributed by atoms with Gasteiger partial charge in [0.25, 0.3) is 0 Å². The minimum absolute atomic E-state index is 0.0718. The van der Waals surface area contributed by atoms with Crippen LogP contribution in [0.3, 0.4) is 0 Å². The second kappa shape index (κ2) is 41.2. The smallest absolute Gasteiger partial charge is 0.146 e. The second-order valence-electron chi connectivity index (χ2n) is 21.5. The molecule has 1 aliphatic carbocycles. The first kappa shape index (κ1) is 69.9. The molecule has 1 fully saturated rings. The second-order valence-corrected chi connectivity index (χ2v) is 21.5. The molecule has 4 rings (SSSR count). The number of benzene rings is 1. The number of nitrogens with zero attached hydrogens (tertiary/aromatic N) is 2. The van der Waals surface area contributed by atoms with Crippen LogP contribution in [0.2, 0.25) is 0 Å². The van der Waals surface area contributed by atoms with Crippen molar-refractivity contribution in [1.82, 2.24) is 14.9 Å². The van der Waals surface area contributed by atoms with Gasteiger partial charge in [0.15, 0.2) is 0 Å². The number of aromatic nitrogens is 2. The van der Waals surface area contributed by atoms with Crippen molar-refractivity contribution in [3.8, 4) is 11.3 Å². The third-order valence-electron chi connectivity index (χ3n) is 13.8. The van der Waals surface area contributed by atoms with Gasteiger partial charge in [-0.3, -0.25) is 14.6 Å². The van der Waals surface area contributed by atoms with E-state index in [0.29, 0.717) is 17.6 Å². The van der Waals surface area contributed by atoms with E-state index >= 15 is 0 Å². The summed E-state index contributed by atoms with van der Waals surface area (Å²) in [6, 6.07) is 9.32. The van der Waals surface area contributed by atoms with E-state index in [-0.39, 0.29) is 17.2 Å². The lowest BCUT2D eigenvalue weighted by atomic mass is 9.81. The minimum atomic E-state index is -0.236. The third-order valence-corrected chi connectivity index (χ3v) is 13.8. The van der Waals surface area contributed by atoms with Gasteiger partial charge in [-0.1, -0.05) is 167 Å². The molecule has 71 heavy (non-hydrogen) atoms. The van der Waals surface area contributed by atoms with Crippen molar-refractivity contribution < 1.29 is 14.3 Å². The maximum absolute atomic E-state index is 10.2. The van der Waals surface area contributed by atoms with Crippen molar-refractivity contribution in [3.63, 3.8) is 0 Å². The van der Waals surface area contributed by atoms with Crippen LogP contribution >= 0.6 is 0 Å². The minimum Gasteiger partial charge on any atom is -0.381 e. The Kier molecular flexibility index (Phi) is 40.6. The number of unbranched alkanes of at least 4 members (excludes halogenated alkanes) is 3. The van der Waals surface area contributed by atoms with Gasteiger partial charge in [0.2, 0.25) is 0 Å². The maximum atomic E-state index is 10.2. The third kappa shape index (κ3) is 30.0. The zero-order valence-electron chi connectivity index (χ0n) is 50.4. The Balaban J connectivity index is 0. The molecule has 3 aromatic rings. The molecule has 3 unspecified atom stereocenters. The highest BCUT2D eigenvalue weighted by Gasteiger charge is 2.27. The van der Waals surface area contributed by atoms with Crippen molar-refractivity contribution in [1.29, 1.82) is 0 Å². The Morgan fingerprint density at radius 2 is 1.48 bits per heavy atom. The fraction of sp³-hybridized carbons (Fsp3) is 0.734. The predicted octanol–water partition coefficient (Wildman–Crippen LogP) is 18.1. The average Bonchev–Trinajstić information content (AvgIpc) is 4.17. The number of fused-ring (bicyclic) bond motifs is 1. The number of ketones is 2. The zero-order valence-corrected chi connectivity index (χ0v) is 50.4. The molecular weight excluding hydrogens is 873 g/mol. The Morgan fingerprint density at radius 3 is 1.89 bits per heavy atom. The zero-order chi connectivity index (χ0) is 54.5. The summed E-state index contributed by atoms with van der Waals surface area (Å²) in [5.41, 5.74) is 16.3. The number of hydrogen-bond donors (Lipinski definition) is 2. The molecule has 7 heteroatoms. The molecule has 2 aromatic heterocycles. The molecule has 0 radical (unpaired) electrons. The van der Waals surface area contributed by atoms with E-state index < -0.39 is 0 Å². The van der Waals surface area contributed by atoms with Crippen molar-refractivity contribution >= 4 is 28.0 Å². The van der Waals surface area contributed by atoms with E-state index in [2.05, 4.69) is 151 Å². The number of aryl methyl sites for hydroxylation is 2. The quantitative estimate of drug-likeness (QED) is 0.0778. The van der Waals surface area contributed by atoms with E-state index in [9.17, 15) is 9.59 Å². The first-order valence-electron chi connectivity index (χ1n) is 29.0. The largest absolute Gasteiger partial charge is 0.381 e. The number of nitrogens with two attached hydrogens (primary N) is 1. The van der Waals surface area contributed by atoms with Crippen LogP contribution in [0.1, 0.15) is 256 Å². The van der Waals surface area contributed by atoms with Crippen molar-refractivity contribution in [3.05, 3.63) is 58.9 Å². The van der Waals surface area contributed by atoms with Gasteiger partial charge in [0, 0.05) is 48.3 Å². The van der Waals surface area contributed by atoms with E-state index in [1.807, 2.05) is 20.2 Å². The lowest BCUT2D eigenvalue weighted by Gasteiger charge is -2.24. The summed E-state index contributed by atoms with van der Waals surface area (Å²) in [6.45, 7) is 45.4. The summed E-state index contributed by atoms with van der Waals surface area (Å²) < 4.78 is 7.90. The van der Waals surface area contributed by atoms with Gasteiger partial charge in [-0.05, 0) is 163 Å². The predicted molar refractivity (Wildman–Crippen MR) is 316 cm³/mol. The molecule has 0 aliphatic heterocycles. The Morgan fingerprint density at radius 1 is 0.845 bits per heavy atom. The number of rotatable bonds is 26. The summed E-state index contributed by atoms with van der Waals surface area (Å²) in [4.78, 5) is 25.4. The highest BCUT2D eigenvalue weighted by Crippen LogP contribution is 2.42. The molecule has 2 heterocycles. The molecule has 0 spiro atoms. The summed E-state index contributed by atoms with van der Waals surface area (Å²) in [5.74, 6) is 3.06. The standard InChI is InChI=1S/C32H46N2.C9H20O.C7H16.C6H15N.C5H11NO.C5H8O/c1-10-14-15-24(11-2)25-16-17-29-26(19-25)28(20-32(8,9)12-3)31(34(29)13-4)27-18-23(7)21-33-30(27)22(5)6;1-4-7-10-8-6-9(3)5-2;1-4-6-7(3)5-2;1-3-4-5-6-7-2;1-3-5(6)4(2)7;1-4(6)5-2-3-5/h15-19,21-22H,10-14,20H2,1-9H3;9H,4-8H2,1-3H3;7H,4-6H2,1-3H3;7H,3-6H2,1-2H3;5H,3,6H2,1-2H3;5H,2-3H2,1H3/b24-15+;;;;;. The Bertz CT molecular complexity index is 1850. The van der Waals surface area contributed by atoms with Crippen molar-refractivity contribution in [2.45, 2.75) is 259 Å². The SMILES string of the molecule is CC(=O)C1CC1.CCC(N)C(C)=O.CCC/C=C(\CC)c1ccc2c(c1)c(CC(C)(C)CC)c(-c1cc(C)cnc1C(C)C)n2CC.CCCC(C)CC.CCCCCNC.CCCOCCC(C)CC. The van der Waals surface area contributed by atoms with Gasteiger partial charge < -0.3 is 20.4 Å². The highest BCUT2D eigenvalue weighted by molar-refractivity contribution is 5.94. The summed E-state index contributed by atoms with van der Waals surface area (Å²) in [5, 5.41) is 4.52. The number of ether oxygens (including phenoxy) is 1. The molecule has 3 N–H and O–H groups in total. The number of carbonyl (C=O) groups excluding carboxylic acids is 2. The average molecular weight is 990 g/mol. The van der Waals surface area contributed by atoms with Gasteiger partial charge >= 0.3 is 0 Å². The lowest BCUT2D eigenvalue weighted by molar-refractivity contribution is -0.119. The summed E-state index contributed by atoms with van der Waals surface area (Å²) in [7, 11) is 2.00. The van der Waals surface area contributed by atoms with Gasteiger partial charge in [-0.15, -0.1) is 0 Å². The Hall–Kier alpha value is -3.13. The first-order chi connectivity index (χ1) is 33.7. The molecular formula is C64H116N4O3. The lowest BCUT2D eigenvalue weighted by Crippen LogP contribution is -2.26. The molecule has 410 valence electrons. The van der Waals surface area contributed by atoms with E-state index in [1.165, 1.54) is 121 Å². The van der Waals surface area contributed by atoms with Gasteiger partial charge in [-0.25, -0.2) is 0 Å². The first-order valence-corrected chi connectivity index (χ1v) is 29.0. The molecule has 0 bridgehead atoms. The van der Waals surface area contributed by atoms with Crippen LogP contribution in [-0.2, 0) is 27.3 Å². The van der Waals surface area contributed by atoms with E-state index in [1.54, 1.807) is 6.92 Å². The molecule has 0 amide bonds. The number of carbonyl (C=O) groups is 2. The number of nitrogens with one attached hydrogen (secondary N) is 1. The van der Waals surface area contributed by atoms with Crippen molar-refractivity contribution in [2.75, 3.05) is 26.8 Å². The normalized spacial score (nSPS) is 13.5. The summed E-state index contributed by atoms with van der Waals surface area (Å²) in [6.07, 6.45) is 24.9. The van der Waals surface area contributed by atoms with Crippen LogP contribution < -0.4 is 11.1 Å². The van der Waals surface area contributed by atoms with E-state index in [4.69, 9.17) is 15.5 Å². The number of hydrogen-bond acceptors (Lipinski definition) is 6. The van der Waals surface area contributed by atoms with E-state index in [0.717, 1.165) is 83.0 Å². The molecule has 0 saturated heterocycles. The van der Waals surface area contributed by atoms with Crippen LogP contribution in [0.25, 0.3) is 27.7 Å². The topological polar surface area (TPSA) is 99.2 Å². The van der Waals surface area contributed by atoms with Crippen molar-refractivity contribution in [2.24, 2.45) is 28.9 Å². The molecule has 1 aliphatic rings. The van der Waals surface area contributed by atoms with Gasteiger partial charge in [0.05, 0.1) is 17.4 Å². The fourth-order valence-corrected chi connectivity index (χ4v) is 7.82. The van der Waals surface area contributed by atoms with Crippen LogP contribution in [0, 0.1) is 30.1 Å². The van der Waals surface area contributed by atoms with Crippen LogP contribution in [0.15, 0.2) is 36.5 Å². The number of allylic oxidation sites excluding steroid dienone is 2. The highest BCUT2D eigenvalue weighted by atomic mass is 16.5. The molecule has 1 saturated carbocycles. The number of pyridine rings is 1. The fourth-order valence-electron chi connectivity index (χ4n) is 7.82. The van der Waals surface area contributed by atoms with Crippen LogP contribution in [0.5, 0.6) is 0 Å². The van der Waals surface area contributed by atoms with Crippen LogP contribution in [-0.4, -0.2) is 54.0 Å². The summed E-state index contributed by atoms with van der Waals surface area (Å²) >= 11 is 0. The van der Waals surface area contributed by atoms with Gasteiger partial charge in [0.1, 0.15) is 11.6 Å². The molecule has 3 atom stereocenters. The van der Waals surface area contributed by atoms with Gasteiger partial charge in [-0.2, -0.15) is 0 Å².